The maximum absolute atomic E-state index is 13.1. The zero-order valence-electron chi connectivity index (χ0n) is 57.3. The molecule has 85 heavy (non-hydrogen) atoms. The lowest BCUT2D eigenvalue weighted by Gasteiger charge is -2.63. The van der Waals surface area contributed by atoms with E-state index in [2.05, 4.69) is 104 Å². The fraction of sp³-hybridized carbons (Fsp3) is 0.952. The predicted molar refractivity (Wildman–Crippen MR) is 361 cm³/mol. The van der Waals surface area contributed by atoms with Crippen molar-refractivity contribution in [2.75, 3.05) is 6.61 Å². The third-order valence-electron chi connectivity index (χ3n) is 17.3. The Morgan fingerprint density at radius 3 is 0.565 bits per heavy atom. The van der Waals surface area contributed by atoms with Crippen LogP contribution in [0.15, 0.2) is 12.2 Å². The van der Waals surface area contributed by atoms with E-state index in [0.29, 0.717) is 102 Å². The first kappa shape index (κ1) is 76.2. The van der Waals surface area contributed by atoms with E-state index in [-0.39, 0.29) is 6.61 Å². The van der Waals surface area contributed by atoms with Crippen LogP contribution in [0.1, 0.15) is 290 Å². The summed E-state index contributed by atoms with van der Waals surface area (Å²) in [6.45, 7) is 38.0. The van der Waals surface area contributed by atoms with E-state index >= 15 is 0 Å². The van der Waals surface area contributed by atoms with Crippen molar-refractivity contribution in [2.24, 2.45) is 41.4 Å². The monoisotopic (exact) mass is 1330 g/mol. The molecule has 0 spiro atoms. The molecular weight excluding hydrogens is 1210 g/mol. The maximum Gasteiger partial charge on any atom is 0.479 e. The zero-order valence-corrected chi connectivity index (χ0v) is 65.3. The van der Waals surface area contributed by atoms with Gasteiger partial charge in [0.05, 0.1) is 6.61 Å². The van der Waals surface area contributed by atoms with Gasteiger partial charge in [-0.1, -0.05) is 238 Å². The van der Waals surface area contributed by atoms with Gasteiger partial charge in [-0.05, 0) is 99.7 Å². The molecule has 0 atom stereocenters. The number of hydrogen-bond donors (Lipinski definition) is 0. The number of carbonyl (C=O) groups excluding carboxylic acids is 1. The van der Waals surface area contributed by atoms with Crippen LogP contribution in [-0.4, -0.2) is 83.0 Å². The Bertz CT molecular complexity index is 1730. The molecular formula is C63H130O14Si8. The Balaban J connectivity index is 1.88. The summed E-state index contributed by atoms with van der Waals surface area (Å²) in [5.74, 6) is 3.74. The molecule has 0 aromatic heterocycles. The largest absolute Gasteiger partial charge is 0.479 e. The van der Waals surface area contributed by atoms with Gasteiger partial charge in [0.15, 0.2) is 0 Å². The molecule has 0 unspecified atom stereocenters. The molecule has 6 aliphatic heterocycles. The van der Waals surface area contributed by atoms with Crippen LogP contribution in [0.2, 0.25) is 48.4 Å². The summed E-state index contributed by atoms with van der Waals surface area (Å²) in [4.78, 5) is 13.1. The van der Waals surface area contributed by atoms with Crippen LogP contribution >= 0.6 is 0 Å². The summed E-state index contributed by atoms with van der Waals surface area (Å²) >= 11 is 0. The van der Waals surface area contributed by atoms with E-state index < -0.39 is 76.4 Å². The molecule has 22 heteroatoms. The van der Waals surface area contributed by atoms with E-state index in [1.807, 2.05) is 0 Å². The Labute approximate surface area is 530 Å². The first-order valence-corrected chi connectivity index (χ1v) is 50.9. The van der Waals surface area contributed by atoms with Crippen LogP contribution in [0, 0.1) is 41.4 Å². The van der Waals surface area contributed by atoms with Crippen LogP contribution in [0.5, 0.6) is 0 Å². The first-order valence-electron chi connectivity index (χ1n) is 35.5. The average Bonchev–Trinajstić information content (AvgIpc) is 0.765. The standard InChI is InChI=1S/C63H130O14Si8/c1-55(2)39-24-17-31-47-78-66-79(48-32-18-25-40-56(3)4)69-82(51-35-21-28-43-59(9)10)71-80(67-78,49-33-19-26-41-57(5)6)73-84(53-37-23-30-45-61(13)14)74-81(68-78,50-34-20-27-42-58(7)8)72-83(70-79,52-36-22-29-44-60(11)12)76-85(75-82,77-84)54-38-46-65-63(64)62(15)16/h55-61H,15,17-54H2,1-14,16H3. The summed E-state index contributed by atoms with van der Waals surface area (Å²) in [5.41, 5.74) is 0.355. The number of ether oxygens (including phenoxy) is 1. The normalized spacial score (nSPS) is 30.1. The Morgan fingerprint density at radius 1 is 0.271 bits per heavy atom. The molecule has 498 valence electrons. The molecule has 0 amide bonds. The van der Waals surface area contributed by atoms with Crippen molar-refractivity contribution in [1.29, 1.82) is 0 Å². The number of unbranched alkanes of at least 4 members (excludes halogenated alkanes) is 14. The highest BCUT2D eigenvalue weighted by Gasteiger charge is 2.82. The van der Waals surface area contributed by atoms with Crippen LogP contribution in [0.4, 0.5) is 0 Å². The maximum atomic E-state index is 13.1. The van der Waals surface area contributed by atoms with Crippen LogP contribution in [0.25, 0.3) is 0 Å². The van der Waals surface area contributed by atoms with Gasteiger partial charge >= 0.3 is 76.4 Å². The average molecular weight is 1340 g/mol. The van der Waals surface area contributed by atoms with Gasteiger partial charge in [0.2, 0.25) is 0 Å². The van der Waals surface area contributed by atoms with Crippen LogP contribution < -0.4 is 0 Å². The second-order valence-corrected chi connectivity index (χ2v) is 54.4. The minimum absolute atomic E-state index is 0.124. The number of esters is 1. The van der Waals surface area contributed by atoms with Gasteiger partial charge in [0, 0.05) is 53.9 Å². The molecule has 6 aliphatic rings. The molecule has 14 nitrogen and oxygen atoms in total. The van der Waals surface area contributed by atoms with E-state index in [4.69, 9.17) is 54.1 Å². The zero-order chi connectivity index (χ0) is 62.3. The van der Waals surface area contributed by atoms with Gasteiger partial charge in [-0.15, -0.1) is 0 Å². The molecule has 6 fully saturated rings. The quantitative estimate of drug-likeness (QED) is 0.0247. The van der Waals surface area contributed by atoms with Crippen molar-refractivity contribution in [2.45, 2.75) is 338 Å². The van der Waals surface area contributed by atoms with Crippen molar-refractivity contribution < 1.29 is 58.9 Å². The van der Waals surface area contributed by atoms with Gasteiger partial charge in [-0.25, -0.2) is 4.79 Å². The molecule has 0 saturated carbocycles. The molecule has 6 rings (SSSR count). The van der Waals surface area contributed by atoms with Gasteiger partial charge in [-0.3, -0.25) is 0 Å². The third-order valence-corrected chi connectivity index (χ3v) is 54.9. The highest BCUT2D eigenvalue weighted by Crippen LogP contribution is 2.55. The summed E-state index contributed by atoms with van der Waals surface area (Å²) in [5, 5.41) is 0. The summed E-state index contributed by atoms with van der Waals surface area (Å²) < 4.78 is 106. The summed E-state index contributed by atoms with van der Waals surface area (Å²) in [6.07, 6.45) is 28.7. The molecule has 6 saturated heterocycles. The molecule has 0 aromatic carbocycles. The molecule has 0 aliphatic carbocycles. The van der Waals surface area contributed by atoms with E-state index in [9.17, 15) is 4.79 Å². The first-order chi connectivity index (χ1) is 40.2. The lowest BCUT2D eigenvalue weighted by atomic mass is 10.1. The van der Waals surface area contributed by atoms with Crippen molar-refractivity contribution in [3.63, 3.8) is 0 Å². The van der Waals surface area contributed by atoms with Crippen molar-refractivity contribution in [1.82, 2.24) is 0 Å². The highest BCUT2D eigenvalue weighted by molar-refractivity contribution is 7.03. The van der Waals surface area contributed by atoms with Gasteiger partial charge < -0.3 is 54.1 Å². The van der Waals surface area contributed by atoms with Gasteiger partial charge in [0.25, 0.3) is 0 Å². The van der Waals surface area contributed by atoms with E-state index in [1.54, 1.807) is 6.92 Å². The highest BCUT2D eigenvalue weighted by atomic mass is 28.6. The van der Waals surface area contributed by atoms with Crippen molar-refractivity contribution in [3.05, 3.63) is 12.2 Å². The number of carbonyl (C=O) groups is 1. The fourth-order valence-electron chi connectivity index (χ4n) is 12.6. The van der Waals surface area contributed by atoms with Crippen LogP contribution in [-0.2, 0) is 58.9 Å². The minimum Gasteiger partial charge on any atom is -0.462 e. The van der Waals surface area contributed by atoms with Gasteiger partial charge in [0.1, 0.15) is 0 Å². The van der Waals surface area contributed by atoms with Crippen LogP contribution in [0.3, 0.4) is 0 Å². The second kappa shape index (κ2) is 36.8. The third kappa shape index (κ3) is 26.4. The summed E-state index contributed by atoms with van der Waals surface area (Å²) in [6, 6.07) is 4.01. The Morgan fingerprint density at radius 2 is 0.424 bits per heavy atom. The van der Waals surface area contributed by atoms with Crippen molar-refractivity contribution in [3.8, 4) is 0 Å². The summed E-state index contributed by atoms with van der Waals surface area (Å²) in [7, 11) is -32.9. The molecule has 6 heterocycles. The Kier molecular flexibility index (Phi) is 33.0. The molecule has 0 N–H and O–H groups in total. The predicted octanol–water partition coefficient (Wildman–Crippen LogP) is 19.8. The molecule has 0 radical (unpaired) electrons. The fourth-order valence-corrected chi connectivity index (χ4v) is 63.5. The smallest absolute Gasteiger partial charge is 0.462 e. The number of rotatable bonds is 47. The second-order valence-electron chi connectivity index (χ2n) is 29.7. The van der Waals surface area contributed by atoms with Gasteiger partial charge in [-0.2, -0.15) is 0 Å². The lowest BCUT2D eigenvalue weighted by Crippen LogP contribution is -2.88. The topological polar surface area (TPSA) is 137 Å². The van der Waals surface area contributed by atoms with E-state index in [1.165, 1.54) is 0 Å². The molecule has 0 aromatic rings. The van der Waals surface area contributed by atoms with Crippen molar-refractivity contribution >= 4 is 76.4 Å². The molecule has 8 bridgehead atoms. The lowest BCUT2D eigenvalue weighted by molar-refractivity contribution is -0.139. The minimum atomic E-state index is -4.22. The van der Waals surface area contributed by atoms with E-state index in [0.717, 1.165) is 180 Å². The number of hydrogen-bond acceptors (Lipinski definition) is 14. The SMILES string of the molecule is C=C(C)C(=O)OCCC[Si]12O[Si]3(CCCCCC(C)C)O[Si]4(CCCCCC(C)C)O[Si]5(CCCCCC(C)C)O[Si](CCCCCC(C)C)(O3)O[Si](CCCCCC(C)C)(O[Si](CCCCCC(C)C)(O5)O[Si](CCCCCC(C)C)(O4)O1)O2. The Hall–Kier alpha value is 0.465.